The molecule has 1 aromatic rings. The van der Waals surface area contributed by atoms with Crippen LogP contribution in [0.25, 0.3) is 0 Å². The van der Waals surface area contributed by atoms with E-state index in [-0.39, 0.29) is 17.9 Å². The first kappa shape index (κ1) is 19.2. The molecule has 2 fully saturated rings. The Labute approximate surface area is 156 Å². The first-order valence-corrected chi connectivity index (χ1v) is 8.97. The third kappa shape index (κ3) is 3.40. The largest absolute Gasteiger partial charge is 0.480 e. The van der Waals surface area contributed by atoms with Gasteiger partial charge in [-0.05, 0) is 19.5 Å². The van der Waals surface area contributed by atoms with Gasteiger partial charge in [0.15, 0.2) is 6.04 Å². The Morgan fingerprint density at radius 3 is 2.59 bits per heavy atom. The average molecular weight is 377 g/mol. The summed E-state index contributed by atoms with van der Waals surface area (Å²) in [5, 5.41) is 20.8. The summed E-state index contributed by atoms with van der Waals surface area (Å²) in [6.45, 7) is 5.81. The van der Waals surface area contributed by atoms with Gasteiger partial charge in [0.2, 0.25) is 0 Å². The van der Waals surface area contributed by atoms with E-state index in [0.29, 0.717) is 31.5 Å². The SMILES string of the molecule is CCN1CCC2(CC1)OCC(C(=O)O)N2C(=O)c1ccc(C)c([N+](=O)[O-])c1. The van der Waals surface area contributed by atoms with Gasteiger partial charge in [0.05, 0.1) is 11.5 Å². The maximum Gasteiger partial charge on any atom is 0.328 e. The second-order valence-electron chi connectivity index (χ2n) is 6.98. The van der Waals surface area contributed by atoms with Crippen molar-refractivity contribution in [3.63, 3.8) is 0 Å². The third-order valence-electron chi connectivity index (χ3n) is 5.50. The van der Waals surface area contributed by atoms with E-state index >= 15 is 0 Å². The molecule has 2 heterocycles. The van der Waals surface area contributed by atoms with Crippen LogP contribution < -0.4 is 0 Å². The maximum absolute atomic E-state index is 13.2. The molecular weight excluding hydrogens is 354 g/mol. The lowest BCUT2D eigenvalue weighted by atomic mass is 9.96. The number of aliphatic carboxylic acids is 1. The summed E-state index contributed by atoms with van der Waals surface area (Å²) in [4.78, 5) is 39.1. The summed E-state index contributed by atoms with van der Waals surface area (Å²) in [5.41, 5.74) is -0.607. The lowest BCUT2D eigenvalue weighted by Crippen LogP contribution is -2.58. The zero-order chi connectivity index (χ0) is 19.8. The van der Waals surface area contributed by atoms with Crippen molar-refractivity contribution in [3.8, 4) is 0 Å². The Bertz CT molecular complexity index is 772. The summed E-state index contributed by atoms with van der Waals surface area (Å²) in [5.74, 6) is -1.69. The van der Waals surface area contributed by atoms with Gasteiger partial charge >= 0.3 is 5.97 Å². The predicted octanol–water partition coefficient (Wildman–Crippen LogP) is 1.64. The number of nitro groups is 1. The van der Waals surface area contributed by atoms with Gasteiger partial charge < -0.3 is 14.7 Å². The van der Waals surface area contributed by atoms with Crippen LogP contribution in [-0.2, 0) is 9.53 Å². The second kappa shape index (κ2) is 7.24. The number of likely N-dealkylation sites (tertiary alicyclic amines) is 1. The summed E-state index contributed by atoms with van der Waals surface area (Å²) in [7, 11) is 0. The zero-order valence-corrected chi connectivity index (χ0v) is 15.4. The molecule has 1 N–H and O–H groups in total. The highest BCUT2D eigenvalue weighted by Crippen LogP contribution is 2.38. The molecule has 0 saturated carbocycles. The molecular formula is C18H23N3O6. The zero-order valence-electron chi connectivity index (χ0n) is 15.4. The first-order valence-electron chi connectivity index (χ1n) is 8.97. The van der Waals surface area contributed by atoms with Crippen LogP contribution in [0.4, 0.5) is 5.69 Å². The van der Waals surface area contributed by atoms with E-state index in [1.807, 2.05) is 6.92 Å². The molecule has 0 radical (unpaired) electrons. The van der Waals surface area contributed by atoms with E-state index in [4.69, 9.17) is 4.74 Å². The third-order valence-corrected chi connectivity index (χ3v) is 5.50. The van der Waals surface area contributed by atoms with Gasteiger partial charge in [-0.3, -0.25) is 19.8 Å². The molecule has 9 heteroatoms. The smallest absolute Gasteiger partial charge is 0.328 e. The number of carboxylic acids is 1. The Morgan fingerprint density at radius 1 is 1.37 bits per heavy atom. The molecule has 2 aliphatic heterocycles. The van der Waals surface area contributed by atoms with Crippen molar-refractivity contribution in [2.45, 2.75) is 38.5 Å². The molecule has 2 aliphatic rings. The Kier molecular flexibility index (Phi) is 5.16. The summed E-state index contributed by atoms with van der Waals surface area (Å²) in [6.07, 6.45) is 1.01. The number of piperidine rings is 1. The van der Waals surface area contributed by atoms with Gasteiger partial charge in [-0.15, -0.1) is 0 Å². The number of nitro benzene ring substituents is 1. The minimum Gasteiger partial charge on any atom is -0.480 e. The number of carbonyl (C=O) groups excluding carboxylic acids is 1. The number of amides is 1. The number of carbonyl (C=O) groups is 2. The standard InChI is InChI=1S/C18H23N3O6/c1-3-19-8-6-18(7-9-19)20(15(11-27-18)17(23)24)16(22)13-5-4-12(2)14(10-13)21(25)26/h4-5,10,15H,3,6-9,11H2,1-2H3,(H,23,24). The van der Waals surface area contributed by atoms with Crippen molar-refractivity contribution < 1.29 is 24.4 Å². The fourth-order valence-corrected chi connectivity index (χ4v) is 3.85. The molecule has 3 rings (SSSR count). The highest BCUT2D eigenvalue weighted by Gasteiger charge is 2.54. The highest BCUT2D eigenvalue weighted by molar-refractivity contribution is 5.98. The van der Waals surface area contributed by atoms with Crippen molar-refractivity contribution in [3.05, 3.63) is 39.4 Å². The Morgan fingerprint density at radius 2 is 2.04 bits per heavy atom. The number of benzene rings is 1. The van der Waals surface area contributed by atoms with Crippen molar-refractivity contribution >= 4 is 17.6 Å². The van der Waals surface area contributed by atoms with E-state index in [1.54, 1.807) is 6.92 Å². The minimum absolute atomic E-state index is 0.0822. The van der Waals surface area contributed by atoms with E-state index in [9.17, 15) is 24.8 Å². The number of rotatable bonds is 4. The Hall–Kier alpha value is -2.52. The second-order valence-corrected chi connectivity index (χ2v) is 6.98. The molecule has 1 unspecified atom stereocenters. The van der Waals surface area contributed by atoms with Gasteiger partial charge in [0, 0.05) is 43.1 Å². The van der Waals surface area contributed by atoms with Gasteiger partial charge in [-0.1, -0.05) is 13.0 Å². The maximum atomic E-state index is 13.2. The van der Waals surface area contributed by atoms with Crippen molar-refractivity contribution in [1.82, 2.24) is 9.80 Å². The number of carboxylic acid groups (broad SMARTS) is 1. The monoisotopic (exact) mass is 377 g/mol. The number of nitrogens with zero attached hydrogens (tertiary/aromatic N) is 3. The fraction of sp³-hybridized carbons (Fsp3) is 0.556. The summed E-state index contributed by atoms with van der Waals surface area (Å²) >= 11 is 0. The lowest BCUT2D eigenvalue weighted by molar-refractivity contribution is -0.385. The first-order chi connectivity index (χ1) is 12.8. The molecule has 1 amide bonds. The average Bonchev–Trinajstić information content (AvgIpc) is 3.01. The highest BCUT2D eigenvalue weighted by atomic mass is 16.6. The molecule has 2 saturated heterocycles. The molecule has 1 atom stereocenters. The summed E-state index contributed by atoms with van der Waals surface area (Å²) in [6, 6.07) is 3.11. The molecule has 9 nitrogen and oxygen atoms in total. The quantitative estimate of drug-likeness (QED) is 0.627. The van der Waals surface area contributed by atoms with Crippen LogP contribution >= 0.6 is 0 Å². The fourth-order valence-electron chi connectivity index (χ4n) is 3.85. The van der Waals surface area contributed by atoms with Gasteiger partial charge in [-0.2, -0.15) is 0 Å². The summed E-state index contributed by atoms with van der Waals surface area (Å²) < 4.78 is 5.87. The molecule has 27 heavy (non-hydrogen) atoms. The number of hydrogen-bond acceptors (Lipinski definition) is 6. The van der Waals surface area contributed by atoms with Crippen molar-refractivity contribution in [2.75, 3.05) is 26.2 Å². The lowest BCUT2D eigenvalue weighted by Gasteiger charge is -2.44. The number of aryl methyl sites for hydroxylation is 1. The normalized spacial score (nSPS) is 22.1. The van der Waals surface area contributed by atoms with E-state index in [0.717, 1.165) is 6.54 Å². The van der Waals surface area contributed by atoms with Crippen molar-refractivity contribution in [2.24, 2.45) is 0 Å². The number of hydrogen-bond donors (Lipinski definition) is 1. The van der Waals surface area contributed by atoms with E-state index in [2.05, 4.69) is 4.90 Å². The van der Waals surface area contributed by atoms with Crippen LogP contribution in [0.15, 0.2) is 18.2 Å². The van der Waals surface area contributed by atoms with Crippen LogP contribution in [0, 0.1) is 17.0 Å². The van der Waals surface area contributed by atoms with Crippen LogP contribution in [0.2, 0.25) is 0 Å². The van der Waals surface area contributed by atoms with Crippen molar-refractivity contribution in [1.29, 1.82) is 0 Å². The topological polar surface area (TPSA) is 113 Å². The number of ether oxygens (including phenoxy) is 1. The Balaban J connectivity index is 1.97. The van der Waals surface area contributed by atoms with Crippen LogP contribution in [0.3, 0.4) is 0 Å². The minimum atomic E-state index is -1.14. The van der Waals surface area contributed by atoms with Gasteiger partial charge in [-0.25, -0.2) is 4.79 Å². The van der Waals surface area contributed by atoms with Crippen LogP contribution in [0.5, 0.6) is 0 Å². The molecule has 146 valence electrons. The molecule has 1 spiro atoms. The molecule has 0 bridgehead atoms. The van der Waals surface area contributed by atoms with Crippen LogP contribution in [0.1, 0.15) is 35.7 Å². The van der Waals surface area contributed by atoms with E-state index in [1.165, 1.54) is 23.1 Å². The molecule has 0 aliphatic carbocycles. The molecule has 0 aromatic heterocycles. The van der Waals surface area contributed by atoms with Gasteiger partial charge in [0.25, 0.3) is 11.6 Å². The van der Waals surface area contributed by atoms with Crippen LogP contribution in [-0.4, -0.2) is 69.7 Å². The predicted molar refractivity (Wildman–Crippen MR) is 95.5 cm³/mol. The molecule has 1 aromatic carbocycles. The van der Waals surface area contributed by atoms with Gasteiger partial charge in [0.1, 0.15) is 5.72 Å². The van der Waals surface area contributed by atoms with E-state index < -0.39 is 28.6 Å².